The van der Waals surface area contributed by atoms with Crippen molar-refractivity contribution in [2.24, 2.45) is 0 Å². The van der Waals surface area contributed by atoms with Gasteiger partial charge in [0.05, 0.1) is 24.0 Å². The first kappa shape index (κ1) is 31.5. The van der Waals surface area contributed by atoms with Crippen LogP contribution in [0.25, 0.3) is 22.1 Å². The summed E-state index contributed by atoms with van der Waals surface area (Å²) in [6, 6.07) is 2.80. The Morgan fingerprint density at radius 1 is 0.826 bits per heavy atom. The van der Waals surface area contributed by atoms with E-state index in [-0.39, 0.29) is 34.0 Å². The van der Waals surface area contributed by atoms with Crippen molar-refractivity contribution < 1.29 is 52.1 Å². The normalized spacial score (nSPS) is 37.1. The monoisotopic (exact) mass is 704 g/mol. The van der Waals surface area contributed by atoms with Crippen LogP contribution >= 0.6 is 14.5 Å². The number of rotatable bonds is 2. The molecule has 0 aromatic carbocycles. The average Bonchev–Trinajstić information content (AvgIpc) is 3.72. The third kappa shape index (κ3) is 5.50. The van der Waals surface area contributed by atoms with Crippen molar-refractivity contribution in [1.29, 1.82) is 0 Å². The summed E-state index contributed by atoms with van der Waals surface area (Å²) in [4.78, 5) is 59.3. The molecule has 0 amide bonds. The molecule has 3 saturated heterocycles. The number of ether oxygens (including phenoxy) is 2. The van der Waals surface area contributed by atoms with Gasteiger partial charge in [-0.1, -0.05) is 0 Å². The van der Waals surface area contributed by atoms with Gasteiger partial charge < -0.3 is 54.6 Å². The zero-order valence-corrected chi connectivity index (χ0v) is 25.7. The third-order valence-corrected chi connectivity index (χ3v) is 10.2. The molecule has 3 aliphatic rings. The molecule has 4 unspecified atom stereocenters. The molecule has 21 nitrogen and oxygen atoms in total. The lowest BCUT2D eigenvalue weighted by molar-refractivity contribution is -0.0634. The number of H-pyrrole nitrogens is 2. The van der Waals surface area contributed by atoms with Gasteiger partial charge in [-0.2, -0.15) is 9.97 Å². The summed E-state index contributed by atoms with van der Waals surface area (Å²) in [6.45, 7) is -5.69. The Labute approximate surface area is 260 Å². The SMILES string of the molecule is Nc1nc2c(ccn2[C@@H]2O[C@@H]3COP(O)(=S)O[C@H]4C(O)[C@@H](COP(=O)(O)OC3[C@@H]2O)O[C@H]4n2ccc3c(=O)[nH]c(N)nc32)c(=O)[nH]1. The van der Waals surface area contributed by atoms with Gasteiger partial charge in [-0.25, -0.2) is 4.57 Å². The highest BCUT2D eigenvalue weighted by molar-refractivity contribution is 8.07. The van der Waals surface area contributed by atoms with Gasteiger partial charge in [0.2, 0.25) is 11.9 Å². The first-order chi connectivity index (χ1) is 21.7. The largest absolute Gasteiger partial charge is 0.472 e. The number of nitrogens with zero attached hydrogens (tertiary/aromatic N) is 4. The fourth-order valence-electron chi connectivity index (χ4n) is 5.64. The number of phosphoric acid groups is 1. The molecule has 4 aromatic rings. The van der Waals surface area contributed by atoms with Crippen LogP contribution < -0.4 is 22.6 Å². The van der Waals surface area contributed by atoms with Crippen LogP contribution in [0.4, 0.5) is 11.9 Å². The van der Waals surface area contributed by atoms with Gasteiger partial charge in [0.1, 0.15) is 36.6 Å². The van der Waals surface area contributed by atoms with Gasteiger partial charge in [0, 0.05) is 12.4 Å². The molecule has 0 spiro atoms. The lowest BCUT2D eigenvalue weighted by atomic mass is 10.1. The Morgan fingerprint density at radius 2 is 1.37 bits per heavy atom. The van der Waals surface area contributed by atoms with E-state index in [1.807, 2.05) is 0 Å². The zero-order valence-electron chi connectivity index (χ0n) is 23.1. The molecule has 2 bridgehead atoms. The summed E-state index contributed by atoms with van der Waals surface area (Å²) in [6.07, 6.45) is -9.07. The summed E-state index contributed by atoms with van der Waals surface area (Å²) < 4.78 is 49.2. The maximum Gasteiger partial charge on any atom is 0.472 e. The Kier molecular flexibility index (Phi) is 7.72. The number of fused-ring (bicyclic) bond motifs is 5. The fourth-order valence-corrected chi connectivity index (χ4v) is 8.02. The quantitative estimate of drug-likeness (QED) is 0.108. The van der Waals surface area contributed by atoms with E-state index in [0.29, 0.717) is 0 Å². The summed E-state index contributed by atoms with van der Waals surface area (Å²) >= 11 is 5.22. The second-order valence-corrected chi connectivity index (χ2v) is 14.8. The first-order valence-electron chi connectivity index (χ1n) is 13.4. The predicted molar refractivity (Wildman–Crippen MR) is 157 cm³/mol. The van der Waals surface area contributed by atoms with Crippen molar-refractivity contribution in [1.82, 2.24) is 29.1 Å². The van der Waals surface area contributed by atoms with Gasteiger partial charge in [-0.15, -0.1) is 0 Å². The van der Waals surface area contributed by atoms with Crippen molar-refractivity contribution in [3.05, 3.63) is 45.2 Å². The number of nitrogen functional groups attached to an aromatic ring is 2. The topological polar surface area (TPSA) is 307 Å². The number of aliphatic hydroxyl groups excluding tert-OH is 2. The lowest BCUT2D eigenvalue weighted by Gasteiger charge is -2.27. The summed E-state index contributed by atoms with van der Waals surface area (Å²) in [5.41, 5.74) is 10.4. The van der Waals surface area contributed by atoms with Gasteiger partial charge in [0.25, 0.3) is 11.1 Å². The highest BCUT2D eigenvalue weighted by Crippen LogP contribution is 2.54. The number of aromatic nitrogens is 6. The number of aliphatic hydroxyl groups is 2. The molecule has 3 aliphatic heterocycles. The van der Waals surface area contributed by atoms with Crippen molar-refractivity contribution in [2.45, 2.75) is 49.1 Å². The number of nitrogens with two attached hydrogens (primary N) is 2. The third-order valence-electron chi connectivity index (χ3n) is 7.68. The molecular formula is C22H26N8O13P2S. The lowest BCUT2D eigenvalue weighted by Crippen LogP contribution is -2.36. The first-order valence-corrected chi connectivity index (χ1v) is 17.5. The van der Waals surface area contributed by atoms with E-state index in [0.717, 1.165) is 0 Å². The molecule has 0 radical (unpaired) electrons. The van der Waals surface area contributed by atoms with Crippen LogP contribution in [0, 0.1) is 0 Å². The summed E-state index contributed by atoms with van der Waals surface area (Å²) in [5, 5.41) is 22.6. The molecule has 46 heavy (non-hydrogen) atoms. The van der Waals surface area contributed by atoms with Crippen LogP contribution in [-0.4, -0.2) is 98.9 Å². The van der Waals surface area contributed by atoms with E-state index in [9.17, 15) is 34.2 Å². The highest BCUT2D eigenvalue weighted by Gasteiger charge is 2.53. The van der Waals surface area contributed by atoms with Gasteiger partial charge in [-0.05, 0) is 23.9 Å². The fraction of sp³-hybridized carbons (Fsp3) is 0.455. The van der Waals surface area contributed by atoms with Crippen molar-refractivity contribution >= 4 is 60.3 Å². The molecule has 7 rings (SSSR count). The Bertz CT molecular complexity index is 2050. The molecule has 0 aliphatic carbocycles. The van der Waals surface area contributed by atoms with Crippen LogP contribution in [0.1, 0.15) is 12.5 Å². The van der Waals surface area contributed by atoms with E-state index in [1.54, 1.807) is 0 Å². The minimum absolute atomic E-state index is 0.0311. The van der Waals surface area contributed by atoms with E-state index >= 15 is 0 Å². The summed E-state index contributed by atoms with van der Waals surface area (Å²) in [5.74, 6) is -0.426. The van der Waals surface area contributed by atoms with Crippen molar-refractivity contribution in [2.75, 3.05) is 24.7 Å². The van der Waals surface area contributed by atoms with E-state index in [1.165, 1.54) is 33.7 Å². The smallest absolute Gasteiger partial charge is 0.387 e. The molecule has 10 atom stereocenters. The average molecular weight is 705 g/mol. The Morgan fingerprint density at radius 3 is 1.98 bits per heavy atom. The van der Waals surface area contributed by atoms with Gasteiger partial charge >= 0.3 is 14.5 Å². The molecule has 10 N–H and O–H groups in total. The molecular weight excluding hydrogens is 678 g/mol. The Balaban J connectivity index is 1.21. The van der Waals surface area contributed by atoms with Crippen LogP contribution in [0.5, 0.6) is 0 Å². The standard InChI is InChI=1S/C22H26N8O13P2S/c23-21-25-15-7(17(33)27-21)1-3-29(15)19-12(32)13-10(41-19)6-39-45(37,46)43-14-11(31)9(5-38-44(35,36)42-13)40-20(14)30-4-2-8-16(30)26-22(24)28-18(8)34/h1-4,9-14,19-20,31-32H,5-6H2,(H,35,36)(H,37,46)(H3,23,25,27,33)(H3,24,26,28,34)/t9-,10-,11?,12+,13?,14+,19-,20-,45?/m1/s1. The number of anilines is 2. The minimum atomic E-state index is -5.04. The minimum Gasteiger partial charge on any atom is -0.387 e. The number of aromatic amines is 2. The molecule has 0 saturated carbocycles. The van der Waals surface area contributed by atoms with Crippen LogP contribution in [-0.2, 0) is 43.9 Å². The molecule has 248 valence electrons. The van der Waals surface area contributed by atoms with Crippen LogP contribution in [0.2, 0.25) is 0 Å². The van der Waals surface area contributed by atoms with E-state index in [4.69, 9.17) is 50.8 Å². The van der Waals surface area contributed by atoms with Gasteiger partial charge in [0.15, 0.2) is 23.8 Å². The van der Waals surface area contributed by atoms with Crippen LogP contribution in [0.3, 0.4) is 0 Å². The number of nitrogens with one attached hydrogen (secondary N) is 2. The predicted octanol–water partition coefficient (Wildman–Crippen LogP) is -1.72. The maximum absolute atomic E-state index is 13.1. The second-order valence-electron chi connectivity index (χ2n) is 10.6. The summed E-state index contributed by atoms with van der Waals surface area (Å²) in [7, 11) is -5.04. The van der Waals surface area contributed by atoms with E-state index in [2.05, 4.69) is 19.9 Å². The second kappa shape index (κ2) is 11.3. The number of phosphoric ester groups is 1. The molecule has 4 aromatic heterocycles. The van der Waals surface area contributed by atoms with Crippen LogP contribution in [0.15, 0.2) is 34.1 Å². The molecule has 3 fully saturated rings. The van der Waals surface area contributed by atoms with Gasteiger partial charge in [-0.3, -0.25) is 33.1 Å². The Hall–Kier alpha value is -3.08. The zero-order chi connectivity index (χ0) is 32.7. The van der Waals surface area contributed by atoms with Crippen molar-refractivity contribution in [3.63, 3.8) is 0 Å². The highest BCUT2D eigenvalue weighted by atomic mass is 32.5. The molecule has 7 heterocycles. The molecule has 24 heteroatoms. The number of hydrogen-bond donors (Lipinski definition) is 8. The van der Waals surface area contributed by atoms with E-state index < -0.39 is 88.0 Å². The number of hydrogen-bond acceptors (Lipinski definition) is 16. The maximum atomic E-state index is 13.1. The van der Waals surface area contributed by atoms with Crippen molar-refractivity contribution in [3.8, 4) is 0 Å².